The number of hydrogen-bond acceptors (Lipinski definition) is 4. The monoisotopic (exact) mass is 314 g/mol. The zero-order chi connectivity index (χ0) is 16.2. The average Bonchev–Trinajstić information content (AvgIpc) is 3.01. The fourth-order valence-electron chi connectivity index (χ4n) is 2.94. The molecule has 1 saturated heterocycles. The fourth-order valence-corrected chi connectivity index (χ4v) is 2.94. The van der Waals surface area contributed by atoms with Crippen molar-refractivity contribution in [1.29, 1.82) is 0 Å². The predicted molar refractivity (Wildman–Crippen MR) is 85.7 cm³/mol. The van der Waals surface area contributed by atoms with E-state index in [1.54, 1.807) is 23.3 Å². The lowest BCUT2D eigenvalue weighted by molar-refractivity contribution is -0.125. The second kappa shape index (κ2) is 6.91. The van der Waals surface area contributed by atoms with E-state index in [1.165, 1.54) is 0 Å². The zero-order valence-corrected chi connectivity index (χ0v) is 13.5. The molecule has 3 heterocycles. The first-order chi connectivity index (χ1) is 11.1. The number of carbonyl (C=O) groups excluding carboxylic acids is 1. The Hall–Kier alpha value is -2.21. The van der Waals surface area contributed by atoms with Crippen LogP contribution in [0.5, 0.6) is 0 Å². The summed E-state index contributed by atoms with van der Waals surface area (Å²) in [6, 6.07) is 3.74. The normalized spacial score (nSPS) is 22.5. The second-order valence-corrected chi connectivity index (χ2v) is 6.00. The summed E-state index contributed by atoms with van der Waals surface area (Å²) in [7, 11) is 1.88. The largest absolute Gasteiger partial charge is 0.371 e. The summed E-state index contributed by atoms with van der Waals surface area (Å²) in [5.41, 5.74) is 1.92. The van der Waals surface area contributed by atoms with Crippen LogP contribution in [0.2, 0.25) is 0 Å². The van der Waals surface area contributed by atoms with Crippen molar-refractivity contribution in [3.8, 4) is 0 Å². The molecule has 1 amide bonds. The van der Waals surface area contributed by atoms with Crippen LogP contribution in [0.25, 0.3) is 0 Å². The first-order valence-corrected chi connectivity index (χ1v) is 7.95. The number of rotatable bonds is 4. The van der Waals surface area contributed by atoms with Gasteiger partial charge in [-0.3, -0.25) is 14.5 Å². The van der Waals surface area contributed by atoms with Crippen molar-refractivity contribution in [3.05, 3.63) is 48.0 Å². The van der Waals surface area contributed by atoms with Gasteiger partial charge in [0.2, 0.25) is 5.91 Å². The van der Waals surface area contributed by atoms with E-state index in [1.807, 2.05) is 32.3 Å². The SMILES string of the molecule is C[C@@H](C(=O)N[C@H]1CCCO[C@@H]1c1cnn(C)c1)c1cccnc1. The molecule has 0 aromatic carbocycles. The first-order valence-electron chi connectivity index (χ1n) is 7.95. The molecule has 3 atom stereocenters. The van der Waals surface area contributed by atoms with Gasteiger partial charge in [-0.15, -0.1) is 0 Å². The molecule has 0 unspecified atom stereocenters. The van der Waals surface area contributed by atoms with Gasteiger partial charge in [-0.2, -0.15) is 5.10 Å². The number of hydrogen-bond donors (Lipinski definition) is 1. The molecule has 1 fully saturated rings. The van der Waals surface area contributed by atoms with Crippen molar-refractivity contribution >= 4 is 5.91 Å². The van der Waals surface area contributed by atoms with Gasteiger partial charge in [-0.05, 0) is 31.4 Å². The van der Waals surface area contributed by atoms with Gasteiger partial charge in [-0.25, -0.2) is 0 Å². The van der Waals surface area contributed by atoms with E-state index in [9.17, 15) is 4.79 Å². The van der Waals surface area contributed by atoms with E-state index in [2.05, 4.69) is 15.4 Å². The van der Waals surface area contributed by atoms with Gasteiger partial charge in [0.05, 0.1) is 18.2 Å². The first kappa shape index (κ1) is 15.7. The topological polar surface area (TPSA) is 69.0 Å². The Labute approximate surface area is 135 Å². The molecule has 23 heavy (non-hydrogen) atoms. The fraction of sp³-hybridized carbons (Fsp3) is 0.471. The molecule has 0 radical (unpaired) electrons. The Bertz CT molecular complexity index is 656. The molecular weight excluding hydrogens is 292 g/mol. The Morgan fingerprint density at radius 1 is 1.48 bits per heavy atom. The summed E-state index contributed by atoms with van der Waals surface area (Å²) in [6.45, 7) is 2.61. The van der Waals surface area contributed by atoms with Crippen molar-refractivity contribution in [2.45, 2.75) is 37.8 Å². The minimum Gasteiger partial charge on any atom is -0.371 e. The van der Waals surface area contributed by atoms with E-state index in [-0.39, 0.29) is 24.0 Å². The van der Waals surface area contributed by atoms with Gasteiger partial charge in [0, 0.05) is 37.8 Å². The zero-order valence-electron chi connectivity index (χ0n) is 13.5. The third-order valence-corrected chi connectivity index (χ3v) is 4.28. The molecule has 1 aliphatic rings. The van der Waals surface area contributed by atoms with Crippen molar-refractivity contribution in [2.75, 3.05) is 6.61 Å². The summed E-state index contributed by atoms with van der Waals surface area (Å²) >= 11 is 0. The highest BCUT2D eigenvalue weighted by Crippen LogP contribution is 2.28. The molecule has 6 nitrogen and oxygen atoms in total. The summed E-state index contributed by atoms with van der Waals surface area (Å²) in [4.78, 5) is 16.7. The minimum atomic E-state index is -0.236. The third kappa shape index (κ3) is 3.59. The van der Waals surface area contributed by atoms with E-state index in [0.29, 0.717) is 6.61 Å². The minimum absolute atomic E-state index is 0.00221. The molecule has 2 aromatic rings. The Balaban J connectivity index is 1.70. The Morgan fingerprint density at radius 3 is 3.04 bits per heavy atom. The van der Waals surface area contributed by atoms with Crippen LogP contribution >= 0.6 is 0 Å². The quantitative estimate of drug-likeness (QED) is 0.936. The highest BCUT2D eigenvalue weighted by atomic mass is 16.5. The highest BCUT2D eigenvalue weighted by molar-refractivity contribution is 5.83. The molecular formula is C17H22N4O2. The average molecular weight is 314 g/mol. The lowest BCUT2D eigenvalue weighted by Crippen LogP contribution is -2.44. The number of pyridine rings is 1. The number of amides is 1. The molecule has 6 heteroatoms. The summed E-state index contributed by atoms with van der Waals surface area (Å²) in [5.74, 6) is -0.234. The van der Waals surface area contributed by atoms with Gasteiger partial charge in [0.15, 0.2) is 0 Å². The third-order valence-electron chi connectivity index (χ3n) is 4.28. The van der Waals surface area contributed by atoms with E-state index >= 15 is 0 Å². The maximum absolute atomic E-state index is 12.6. The number of carbonyl (C=O) groups is 1. The van der Waals surface area contributed by atoms with Crippen LogP contribution in [0.15, 0.2) is 36.9 Å². The van der Waals surface area contributed by atoms with E-state index in [4.69, 9.17) is 4.74 Å². The lowest BCUT2D eigenvalue weighted by Gasteiger charge is -2.32. The van der Waals surface area contributed by atoms with Gasteiger partial charge in [0.25, 0.3) is 0 Å². The molecule has 1 aliphatic heterocycles. The van der Waals surface area contributed by atoms with Crippen LogP contribution < -0.4 is 5.32 Å². The summed E-state index contributed by atoms with van der Waals surface area (Å²) < 4.78 is 7.65. The Kier molecular flexibility index (Phi) is 4.71. The van der Waals surface area contributed by atoms with Crippen LogP contribution in [0.4, 0.5) is 0 Å². The van der Waals surface area contributed by atoms with Crippen molar-refractivity contribution < 1.29 is 9.53 Å². The number of aryl methyl sites for hydroxylation is 1. The molecule has 3 rings (SSSR count). The van der Waals surface area contributed by atoms with Crippen molar-refractivity contribution in [1.82, 2.24) is 20.1 Å². The van der Waals surface area contributed by atoms with Crippen molar-refractivity contribution in [2.24, 2.45) is 7.05 Å². The molecule has 0 saturated carbocycles. The molecule has 1 N–H and O–H groups in total. The molecule has 0 aliphatic carbocycles. The van der Waals surface area contributed by atoms with Crippen molar-refractivity contribution in [3.63, 3.8) is 0 Å². The van der Waals surface area contributed by atoms with Gasteiger partial charge >= 0.3 is 0 Å². The molecule has 0 bridgehead atoms. The summed E-state index contributed by atoms with van der Waals surface area (Å²) in [5, 5.41) is 7.35. The van der Waals surface area contributed by atoms with Gasteiger partial charge < -0.3 is 10.1 Å². The number of nitrogens with one attached hydrogen (secondary N) is 1. The van der Waals surface area contributed by atoms with Crippen LogP contribution in [0, 0.1) is 0 Å². The Morgan fingerprint density at radius 2 is 2.35 bits per heavy atom. The molecule has 122 valence electrons. The van der Waals surface area contributed by atoms with Crippen LogP contribution in [-0.2, 0) is 16.6 Å². The second-order valence-electron chi connectivity index (χ2n) is 6.00. The maximum Gasteiger partial charge on any atom is 0.227 e. The van der Waals surface area contributed by atoms with E-state index in [0.717, 1.165) is 24.0 Å². The van der Waals surface area contributed by atoms with Crippen LogP contribution in [-0.4, -0.2) is 33.3 Å². The number of ether oxygens (including phenoxy) is 1. The van der Waals surface area contributed by atoms with Crippen LogP contribution in [0.1, 0.15) is 42.9 Å². The van der Waals surface area contributed by atoms with E-state index < -0.39 is 0 Å². The molecule has 2 aromatic heterocycles. The molecule has 0 spiro atoms. The van der Waals surface area contributed by atoms with Gasteiger partial charge in [0.1, 0.15) is 6.10 Å². The highest BCUT2D eigenvalue weighted by Gasteiger charge is 2.31. The smallest absolute Gasteiger partial charge is 0.227 e. The summed E-state index contributed by atoms with van der Waals surface area (Å²) in [6.07, 6.45) is 8.91. The van der Waals surface area contributed by atoms with Crippen LogP contribution in [0.3, 0.4) is 0 Å². The number of nitrogens with zero attached hydrogens (tertiary/aromatic N) is 3. The lowest BCUT2D eigenvalue weighted by atomic mass is 9.96. The number of aromatic nitrogens is 3. The maximum atomic E-state index is 12.6. The van der Waals surface area contributed by atoms with Gasteiger partial charge in [-0.1, -0.05) is 6.07 Å². The standard InChI is InChI=1S/C17H22N4O2/c1-12(13-5-3-7-18-9-13)17(22)20-15-6-4-8-23-16(15)14-10-19-21(2)11-14/h3,5,7,9-12,15-16H,4,6,8H2,1-2H3,(H,20,22)/t12-,15+,16-/m1/s1. The predicted octanol–water partition coefficient (Wildman–Crippen LogP) is 1.96.